The molecule has 0 bridgehead atoms. The minimum Gasteiger partial charge on any atom is -0.494 e. The third-order valence-electron chi connectivity index (χ3n) is 3.79. The first-order chi connectivity index (χ1) is 9.79. The number of benzene rings is 1. The van der Waals surface area contributed by atoms with E-state index >= 15 is 0 Å². The Morgan fingerprint density at radius 1 is 1.10 bits per heavy atom. The predicted molar refractivity (Wildman–Crippen MR) is 76.7 cm³/mol. The number of halogens is 1. The van der Waals surface area contributed by atoms with Crippen LogP contribution in [0.4, 0.5) is 10.2 Å². The van der Waals surface area contributed by atoms with Gasteiger partial charge in [-0.15, -0.1) is 0 Å². The Labute approximate surface area is 117 Å². The zero-order valence-corrected chi connectivity index (χ0v) is 11.6. The molecule has 1 aromatic carbocycles. The van der Waals surface area contributed by atoms with Crippen molar-refractivity contribution >= 4 is 16.7 Å². The Kier molecular flexibility index (Phi) is 3.67. The van der Waals surface area contributed by atoms with Gasteiger partial charge in [-0.05, 0) is 18.9 Å². The SMILES string of the molecule is COc1cc2c(N3CCCCCC3)ncnc2cc1F. The molecule has 1 fully saturated rings. The number of hydrogen-bond donors (Lipinski definition) is 0. The number of nitrogens with zero attached hydrogens (tertiary/aromatic N) is 3. The lowest BCUT2D eigenvalue weighted by Crippen LogP contribution is -2.25. The standard InChI is InChI=1S/C15H18FN3O/c1-20-14-8-11-13(9-12(14)16)17-10-18-15(11)19-6-4-2-3-5-7-19/h8-10H,2-7H2,1H3. The molecule has 2 heterocycles. The van der Waals surface area contributed by atoms with E-state index in [2.05, 4.69) is 14.9 Å². The van der Waals surface area contributed by atoms with Crippen molar-refractivity contribution in [1.29, 1.82) is 0 Å². The number of fused-ring (bicyclic) bond motifs is 1. The van der Waals surface area contributed by atoms with Crippen LogP contribution in [0.5, 0.6) is 5.75 Å². The molecule has 0 N–H and O–H groups in total. The van der Waals surface area contributed by atoms with Gasteiger partial charge in [-0.1, -0.05) is 12.8 Å². The number of aromatic nitrogens is 2. The van der Waals surface area contributed by atoms with Crippen LogP contribution in [0, 0.1) is 5.82 Å². The molecule has 0 saturated carbocycles. The Morgan fingerprint density at radius 2 is 1.85 bits per heavy atom. The van der Waals surface area contributed by atoms with Crippen molar-refractivity contribution < 1.29 is 9.13 Å². The molecule has 5 heteroatoms. The van der Waals surface area contributed by atoms with Crippen LogP contribution in [0.2, 0.25) is 0 Å². The smallest absolute Gasteiger partial charge is 0.167 e. The second-order valence-corrected chi connectivity index (χ2v) is 5.10. The van der Waals surface area contributed by atoms with Gasteiger partial charge in [0, 0.05) is 24.5 Å². The van der Waals surface area contributed by atoms with Crippen molar-refractivity contribution in [3.05, 3.63) is 24.3 Å². The fourth-order valence-corrected chi connectivity index (χ4v) is 2.74. The van der Waals surface area contributed by atoms with Gasteiger partial charge in [-0.25, -0.2) is 14.4 Å². The number of methoxy groups -OCH3 is 1. The Hall–Kier alpha value is -1.91. The van der Waals surface area contributed by atoms with Gasteiger partial charge in [0.2, 0.25) is 0 Å². The molecule has 0 spiro atoms. The van der Waals surface area contributed by atoms with Crippen molar-refractivity contribution in [1.82, 2.24) is 9.97 Å². The molecule has 0 radical (unpaired) electrons. The first-order valence-corrected chi connectivity index (χ1v) is 7.03. The summed E-state index contributed by atoms with van der Waals surface area (Å²) >= 11 is 0. The van der Waals surface area contributed by atoms with Gasteiger partial charge in [0.25, 0.3) is 0 Å². The molecule has 3 rings (SSSR count). The summed E-state index contributed by atoms with van der Waals surface area (Å²) in [5.41, 5.74) is 0.623. The number of hydrogen-bond acceptors (Lipinski definition) is 4. The van der Waals surface area contributed by atoms with Crippen LogP contribution in [0.1, 0.15) is 25.7 Å². The predicted octanol–water partition coefficient (Wildman–Crippen LogP) is 3.16. The van der Waals surface area contributed by atoms with E-state index < -0.39 is 0 Å². The van der Waals surface area contributed by atoms with Crippen LogP contribution in [-0.4, -0.2) is 30.2 Å². The number of rotatable bonds is 2. The molecular formula is C15H18FN3O. The molecule has 1 aliphatic rings. The lowest BCUT2D eigenvalue weighted by molar-refractivity contribution is 0.387. The average Bonchev–Trinajstić information content (AvgIpc) is 2.74. The molecule has 1 aliphatic heterocycles. The lowest BCUT2D eigenvalue weighted by atomic mass is 10.2. The summed E-state index contributed by atoms with van der Waals surface area (Å²) in [5, 5.41) is 0.854. The summed E-state index contributed by atoms with van der Waals surface area (Å²) in [6.07, 6.45) is 6.37. The molecule has 1 aromatic heterocycles. The van der Waals surface area contributed by atoms with Crippen molar-refractivity contribution in [3.8, 4) is 5.75 Å². The summed E-state index contributed by atoms with van der Waals surface area (Å²) in [5.74, 6) is 0.735. The fourth-order valence-electron chi connectivity index (χ4n) is 2.74. The van der Waals surface area contributed by atoms with E-state index in [1.54, 1.807) is 6.07 Å². The second-order valence-electron chi connectivity index (χ2n) is 5.10. The third-order valence-corrected chi connectivity index (χ3v) is 3.79. The molecule has 0 atom stereocenters. The molecular weight excluding hydrogens is 257 g/mol. The first kappa shape index (κ1) is 13.1. The van der Waals surface area contributed by atoms with Gasteiger partial charge in [-0.3, -0.25) is 0 Å². The summed E-state index contributed by atoms with van der Waals surface area (Å²) in [6, 6.07) is 3.11. The van der Waals surface area contributed by atoms with Crippen LogP contribution in [0.15, 0.2) is 18.5 Å². The van der Waals surface area contributed by atoms with E-state index in [9.17, 15) is 4.39 Å². The normalized spacial score (nSPS) is 16.2. The maximum atomic E-state index is 13.8. The van der Waals surface area contributed by atoms with Gasteiger partial charge in [0.15, 0.2) is 11.6 Å². The zero-order chi connectivity index (χ0) is 13.9. The molecule has 106 valence electrons. The summed E-state index contributed by atoms with van der Waals surface area (Å²) in [7, 11) is 1.47. The van der Waals surface area contributed by atoms with E-state index in [0.29, 0.717) is 5.52 Å². The van der Waals surface area contributed by atoms with Crippen LogP contribution >= 0.6 is 0 Å². The highest BCUT2D eigenvalue weighted by Crippen LogP contribution is 2.30. The third kappa shape index (κ3) is 2.40. The first-order valence-electron chi connectivity index (χ1n) is 7.03. The van der Waals surface area contributed by atoms with Crippen molar-refractivity contribution in [3.63, 3.8) is 0 Å². The highest BCUT2D eigenvalue weighted by Gasteiger charge is 2.16. The van der Waals surface area contributed by atoms with E-state index in [0.717, 1.165) is 24.3 Å². The largest absolute Gasteiger partial charge is 0.494 e. The Morgan fingerprint density at radius 3 is 2.55 bits per heavy atom. The van der Waals surface area contributed by atoms with Gasteiger partial charge < -0.3 is 9.64 Å². The highest BCUT2D eigenvalue weighted by atomic mass is 19.1. The average molecular weight is 275 g/mol. The highest BCUT2D eigenvalue weighted by molar-refractivity contribution is 5.90. The van der Waals surface area contributed by atoms with Crippen LogP contribution in [0.25, 0.3) is 10.9 Å². The second kappa shape index (κ2) is 5.61. The molecule has 4 nitrogen and oxygen atoms in total. The Balaban J connectivity index is 2.09. The molecule has 0 amide bonds. The topological polar surface area (TPSA) is 38.2 Å². The molecule has 0 aliphatic carbocycles. The minimum absolute atomic E-state index is 0.239. The summed E-state index contributed by atoms with van der Waals surface area (Å²) in [6.45, 7) is 1.98. The summed E-state index contributed by atoms with van der Waals surface area (Å²) in [4.78, 5) is 10.8. The number of anilines is 1. The van der Waals surface area contributed by atoms with E-state index in [-0.39, 0.29) is 11.6 Å². The van der Waals surface area contributed by atoms with Crippen molar-refractivity contribution in [2.45, 2.75) is 25.7 Å². The van der Waals surface area contributed by atoms with Crippen molar-refractivity contribution in [2.75, 3.05) is 25.1 Å². The van der Waals surface area contributed by atoms with Crippen LogP contribution in [-0.2, 0) is 0 Å². The molecule has 1 saturated heterocycles. The van der Waals surface area contributed by atoms with Gasteiger partial charge in [0.05, 0.1) is 12.6 Å². The van der Waals surface area contributed by atoms with Crippen molar-refractivity contribution in [2.24, 2.45) is 0 Å². The number of ether oxygens (including phenoxy) is 1. The fraction of sp³-hybridized carbons (Fsp3) is 0.467. The lowest BCUT2D eigenvalue weighted by Gasteiger charge is -2.22. The zero-order valence-electron chi connectivity index (χ0n) is 11.6. The van der Waals surface area contributed by atoms with Gasteiger partial charge in [-0.2, -0.15) is 0 Å². The molecule has 0 unspecified atom stereocenters. The molecule has 2 aromatic rings. The van der Waals surface area contributed by atoms with E-state index in [4.69, 9.17) is 4.74 Å². The van der Waals surface area contributed by atoms with Gasteiger partial charge in [0.1, 0.15) is 12.1 Å². The monoisotopic (exact) mass is 275 g/mol. The summed E-state index contributed by atoms with van der Waals surface area (Å²) < 4.78 is 18.8. The van der Waals surface area contributed by atoms with Crippen LogP contribution in [0.3, 0.4) is 0 Å². The maximum Gasteiger partial charge on any atom is 0.167 e. The van der Waals surface area contributed by atoms with E-state index in [1.165, 1.54) is 45.2 Å². The maximum absolute atomic E-state index is 13.8. The van der Waals surface area contributed by atoms with E-state index in [1.807, 2.05) is 0 Å². The molecule has 20 heavy (non-hydrogen) atoms. The Bertz CT molecular complexity index is 609. The minimum atomic E-state index is -0.388. The van der Waals surface area contributed by atoms with Crippen LogP contribution < -0.4 is 9.64 Å². The van der Waals surface area contributed by atoms with Gasteiger partial charge >= 0.3 is 0 Å². The quantitative estimate of drug-likeness (QED) is 0.844.